The number of furan rings is 1. The van der Waals surface area contributed by atoms with Gasteiger partial charge in [0.05, 0.1) is 19.3 Å². The number of carbonyl (C=O) groups is 1. The molecule has 1 fully saturated rings. The molecule has 0 aliphatic carbocycles. The molecule has 0 radical (unpaired) electrons. The van der Waals surface area contributed by atoms with Gasteiger partial charge in [-0.05, 0) is 19.9 Å². The summed E-state index contributed by atoms with van der Waals surface area (Å²) in [5.74, 6) is 1.08. The van der Waals surface area contributed by atoms with E-state index in [9.17, 15) is 4.79 Å². The third-order valence-corrected chi connectivity index (χ3v) is 5.02. The highest BCUT2D eigenvalue weighted by Gasteiger charge is 2.21. The van der Waals surface area contributed by atoms with Gasteiger partial charge < -0.3 is 14.1 Å². The molecule has 0 spiro atoms. The van der Waals surface area contributed by atoms with Gasteiger partial charge >= 0.3 is 5.97 Å². The molecule has 0 atom stereocenters. The van der Waals surface area contributed by atoms with E-state index in [1.807, 2.05) is 6.92 Å². The Kier molecular flexibility index (Phi) is 4.68. The molecule has 6 nitrogen and oxygen atoms in total. The van der Waals surface area contributed by atoms with Crippen LogP contribution in [-0.4, -0.2) is 49.1 Å². The summed E-state index contributed by atoms with van der Waals surface area (Å²) < 4.78 is 10.4. The number of carbonyl (C=O) groups excluding carboxylic acids is 1. The molecule has 0 bridgehead atoms. The number of piperazine rings is 1. The van der Waals surface area contributed by atoms with Gasteiger partial charge in [0.25, 0.3) is 0 Å². The molecule has 0 aromatic carbocycles. The molecular formula is C16H21N3O3S. The van der Waals surface area contributed by atoms with Crippen molar-refractivity contribution >= 4 is 22.4 Å². The van der Waals surface area contributed by atoms with Crippen LogP contribution in [0.5, 0.6) is 0 Å². The first-order valence-electron chi connectivity index (χ1n) is 7.64. The quantitative estimate of drug-likeness (QED) is 0.800. The summed E-state index contributed by atoms with van der Waals surface area (Å²) in [6.07, 6.45) is 0. The van der Waals surface area contributed by atoms with Crippen molar-refractivity contribution in [3.8, 4) is 0 Å². The Morgan fingerprint density at radius 2 is 2.09 bits per heavy atom. The first-order valence-corrected chi connectivity index (χ1v) is 8.52. The number of esters is 1. The van der Waals surface area contributed by atoms with Gasteiger partial charge in [-0.3, -0.25) is 4.90 Å². The molecular weight excluding hydrogens is 314 g/mol. The number of methoxy groups -OCH3 is 1. The Labute approximate surface area is 139 Å². The molecule has 3 rings (SSSR count). The molecule has 1 aliphatic rings. The highest BCUT2D eigenvalue weighted by molar-refractivity contribution is 7.13. The number of anilines is 1. The number of rotatable bonds is 4. The van der Waals surface area contributed by atoms with Crippen molar-refractivity contribution in [2.24, 2.45) is 0 Å². The Morgan fingerprint density at radius 3 is 2.70 bits per heavy atom. The number of hydrogen-bond acceptors (Lipinski definition) is 7. The lowest BCUT2D eigenvalue weighted by atomic mass is 10.2. The van der Waals surface area contributed by atoms with Crippen LogP contribution in [0.15, 0.2) is 15.9 Å². The SMILES string of the molecule is COC(=O)c1cc(CN2CCN(c3nc(C)cs3)CC2)oc1C. The molecule has 23 heavy (non-hydrogen) atoms. The van der Waals surface area contributed by atoms with Crippen LogP contribution in [0.1, 0.15) is 27.6 Å². The van der Waals surface area contributed by atoms with E-state index in [1.165, 1.54) is 7.11 Å². The van der Waals surface area contributed by atoms with Gasteiger partial charge in [0.15, 0.2) is 5.13 Å². The first-order chi connectivity index (χ1) is 11.1. The van der Waals surface area contributed by atoms with E-state index in [-0.39, 0.29) is 5.97 Å². The number of thiazole rings is 1. The maximum absolute atomic E-state index is 11.6. The molecule has 1 aliphatic heterocycles. The summed E-state index contributed by atoms with van der Waals surface area (Å²) in [5.41, 5.74) is 1.59. The fourth-order valence-corrected chi connectivity index (χ4v) is 3.60. The van der Waals surface area contributed by atoms with E-state index in [4.69, 9.17) is 9.15 Å². The van der Waals surface area contributed by atoms with Gasteiger partial charge in [-0.25, -0.2) is 9.78 Å². The predicted molar refractivity (Wildman–Crippen MR) is 89.1 cm³/mol. The van der Waals surface area contributed by atoms with E-state index < -0.39 is 0 Å². The Balaban J connectivity index is 1.57. The van der Waals surface area contributed by atoms with Crippen molar-refractivity contribution in [1.82, 2.24) is 9.88 Å². The molecule has 0 N–H and O–H groups in total. The van der Waals surface area contributed by atoms with Crippen molar-refractivity contribution in [1.29, 1.82) is 0 Å². The van der Waals surface area contributed by atoms with Crippen LogP contribution >= 0.6 is 11.3 Å². The van der Waals surface area contributed by atoms with Crippen LogP contribution in [0.4, 0.5) is 5.13 Å². The van der Waals surface area contributed by atoms with E-state index in [0.29, 0.717) is 17.9 Å². The smallest absolute Gasteiger partial charge is 0.341 e. The average Bonchev–Trinajstić information content (AvgIpc) is 3.13. The average molecular weight is 335 g/mol. The second kappa shape index (κ2) is 6.72. The Bertz CT molecular complexity index is 687. The summed E-state index contributed by atoms with van der Waals surface area (Å²) in [6, 6.07) is 1.79. The fraction of sp³-hybridized carbons (Fsp3) is 0.500. The third kappa shape index (κ3) is 3.56. The van der Waals surface area contributed by atoms with Gasteiger partial charge in [-0.2, -0.15) is 0 Å². The highest BCUT2D eigenvalue weighted by Crippen LogP contribution is 2.22. The van der Waals surface area contributed by atoms with E-state index >= 15 is 0 Å². The van der Waals surface area contributed by atoms with Crippen molar-refractivity contribution in [2.75, 3.05) is 38.2 Å². The lowest BCUT2D eigenvalue weighted by Gasteiger charge is -2.34. The highest BCUT2D eigenvalue weighted by atomic mass is 32.1. The zero-order chi connectivity index (χ0) is 16.4. The monoisotopic (exact) mass is 335 g/mol. The van der Waals surface area contributed by atoms with E-state index in [0.717, 1.165) is 42.8 Å². The number of nitrogens with zero attached hydrogens (tertiary/aromatic N) is 3. The summed E-state index contributed by atoms with van der Waals surface area (Å²) in [7, 11) is 1.38. The van der Waals surface area contributed by atoms with Crippen molar-refractivity contribution < 1.29 is 13.9 Å². The summed E-state index contributed by atoms with van der Waals surface area (Å²) >= 11 is 1.70. The summed E-state index contributed by atoms with van der Waals surface area (Å²) in [6.45, 7) is 8.33. The molecule has 0 saturated carbocycles. The van der Waals surface area contributed by atoms with Crippen molar-refractivity contribution in [3.05, 3.63) is 34.2 Å². The van der Waals surface area contributed by atoms with Crippen LogP contribution in [-0.2, 0) is 11.3 Å². The van der Waals surface area contributed by atoms with Gasteiger partial charge in [-0.1, -0.05) is 0 Å². The number of ether oxygens (including phenoxy) is 1. The summed E-state index contributed by atoms with van der Waals surface area (Å²) in [5, 5.41) is 3.19. The maximum Gasteiger partial charge on any atom is 0.341 e. The van der Waals surface area contributed by atoms with Crippen LogP contribution in [0.25, 0.3) is 0 Å². The summed E-state index contributed by atoms with van der Waals surface area (Å²) in [4.78, 5) is 20.8. The lowest BCUT2D eigenvalue weighted by Crippen LogP contribution is -2.45. The zero-order valence-corrected chi connectivity index (χ0v) is 14.5. The van der Waals surface area contributed by atoms with Crippen molar-refractivity contribution in [3.63, 3.8) is 0 Å². The number of aryl methyl sites for hydroxylation is 2. The molecule has 7 heteroatoms. The van der Waals surface area contributed by atoms with Gasteiger partial charge in [0.2, 0.25) is 0 Å². The van der Waals surface area contributed by atoms with Crippen molar-refractivity contribution in [2.45, 2.75) is 20.4 Å². The second-order valence-electron chi connectivity index (χ2n) is 5.71. The normalized spacial score (nSPS) is 15.9. The molecule has 124 valence electrons. The van der Waals surface area contributed by atoms with Crippen LogP contribution in [0, 0.1) is 13.8 Å². The predicted octanol–water partition coefficient (Wildman–Crippen LogP) is 2.46. The van der Waals surface area contributed by atoms with E-state index in [2.05, 4.69) is 20.2 Å². The Hall–Kier alpha value is -1.86. The van der Waals surface area contributed by atoms with Crippen LogP contribution < -0.4 is 4.90 Å². The number of hydrogen-bond donors (Lipinski definition) is 0. The van der Waals surface area contributed by atoms with Crippen LogP contribution in [0.2, 0.25) is 0 Å². The topological polar surface area (TPSA) is 58.8 Å². The van der Waals surface area contributed by atoms with Gasteiger partial charge in [-0.15, -0.1) is 11.3 Å². The van der Waals surface area contributed by atoms with Gasteiger partial charge in [0.1, 0.15) is 17.1 Å². The maximum atomic E-state index is 11.6. The largest absolute Gasteiger partial charge is 0.465 e. The molecule has 0 unspecified atom stereocenters. The van der Waals surface area contributed by atoms with Gasteiger partial charge in [0, 0.05) is 31.6 Å². The minimum absolute atomic E-state index is 0.346. The zero-order valence-electron chi connectivity index (χ0n) is 13.7. The third-order valence-electron chi connectivity index (χ3n) is 4.00. The molecule has 3 heterocycles. The minimum Gasteiger partial charge on any atom is -0.465 e. The minimum atomic E-state index is -0.346. The lowest BCUT2D eigenvalue weighted by molar-refractivity contribution is 0.0599. The molecule has 2 aromatic rings. The van der Waals surface area contributed by atoms with Crippen LogP contribution in [0.3, 0.4) is 0 Å². The number of aromatic nitrogens is 1. The fourth-order valence-electron chi connectivity index (χ4n) is 2.74. The molecule has 1 saturated heterocycles. The Morgan fingerprint density at radius 1 is 1.35 bits per heavy atom. The first kappa shape index (κ1) is 16.0. The molecule has 0 amide bonds. The standard InChI is InChI=1S/C16H21N3O3S/c1-11-10-23-16(17-11)19-6-4-18(5-7-19)9-13-8-14(12(2)22-13)15(20)21-3/h8,10H,4-7,9H2,1-3H3. The second-order valence-corrected chi connectivity index (χ2v) is 6.55. The van der Waals surface area contributed by atoms with E-state index in [1.54, 1.807) is 24.3 Å². The molecule has 2 aromatic heterocycles.